The molecular formula is C15H23F2N. The molecule has 2 unspecified atom stereocenters. The number of alkyl halides is 2. The molecule has 0 aliphatic carbocycles. The van der Waals surface area contributed by atoms with Crippen LogP contribution >= 0.6 is 0 Å². The number of benzene rings is 1. The molecule has 0 aliphatic heterocycles. The minimum atomic E-state index is -2.38. The Bertz CT molecular complexity index is 335. The van der Waals surface area contributed by atoms with Gasteiger partial charge >= 0.3 is 0 Å². The Kier molecular flexibility index (Phi) is 6.27. The molecule has 0 fully saturated rings. The summed E-state index contributed by atoms with van der Waals surface area (Å²) in [6, 6.07) is 6.99. The van der Waals surface area contributed by atoms with Crippen molar-refractivity contribution in [3.8, 4) is 0 Å². The zero-order chi connectivity index (χ0) is 13.5. The van der Waals surface area contributed by atoms with Gasteiger partial charge in [-0.25, -0.2) is 8.78 Å². The Morgan fingerprint density at radius 3 is 2.22 bits per heavy atom. The lowest BCUT2D eigenvalue weighted by Gasteiger charge is -2.17. The maximum absolute atomic E-state index is 12.4. The van der Waals surface area contributed by atoms with Crippen LogP contribution in [0.25, 0.3) is 0 Å². The highest BCUT2D eigenvalue weighted by Crippen LogP contribution is 2.18. The third kappa shape index (κ3) is 5.13. The van der Waals surface area contributed by atoms with Crippen LogP contribution in [-0.4, -0.2) is 6.04 Å². The zero-order valence-electron chi connectivity index (χ0n) is 11.4. The molecule has 1 nitrogen and oxygen atoms in total. The van der Waals surface area contributed by atoms with Crippen molar-refractivity contribution in [3.05, 3.63) is 35.4 Å². The van der Waals surface area contributed by atoms with Crippen LogP contribution in [0.2, 0.25) is 0 Å². The molecule has 1 aromatic carbocycles. The second-order valence-corrected chi connectivity index (χ2v) is 5.07. The second kappa shape index (κ2) is 7.47. The summed E-state index contributed by atoms with van der Waals surface area (Å²) in [5.74, 6) is 0.716. The maximum atomic E-state index is 12.4. The number of rotatable bonds is 7. The molecule has 0 aromatic heterocycles. The van der Waals surface area contributed by atoms with Gasteiger partial charge in [0, 0.05) is 18.2 Å². The smallest absolute Gasteiger partial charge is 0.263 e. The second-order valence-electron chi connectivity index (χ2n) is 5.07. The lowest BCUT2D eigenvalue weighted by Crippen LogP contribution is -2.27. The van der Waals surface area contributed by atoms with Crippen LogP contribution in [0.1, 0.15) is 51.2 Å². The van der Waals surface area contributed by atoms with Crippen molar-refractivity contribution in [2.75, 3.05) is 0 Å². The predicted octanol–water partition coefficient (Wildman–Crippen LogP) is 4.54. The average Bonchev–Trinajstić information content (AvgIpc) is 2.36. The predicted molar refractivity (Wildman–Crippen MR) is 71.8 cm³/mol. The highest BCUT2D eigenvalue weighted by molar-refractivity contribution is 5.23. The highest BCUT2D eigenvalue weighted by Gasteiger charge is 2.08. The van der Waals surface area contributed by atoms with Crippen molar-refractivity contribution in [1.82, 2.24) is 5.32 Å². The van der Waals surface area contributed by atoms with Crippen LogP contribution in [0.4, 0.5) is 8.78 Å². The zero-order valence-corrected chi connectivity index (χ0v) is 11.4. The van der Waals surface area contributed by atoms with Gasteiger partial charge in [0.2, 0.25) is 0 Å². The van der Waals surface area contributed by atoms with Gasteiger partial charge in [-0.15, -0.1) is 0 Å². The average molecular weight is 255 g/mol. The highest BCUT2D eigenvalue weighted by atomic mass is 19.3. The number of halogens is 2. The van der Waals surface area contributed by atoms with Crippen molar-refractivity contribution >= 4 is 0 Å². The summed E-state index contributed by atoms with van der Waals surface area (Å²) in [6.45, 7) is 7.34. The fourth-order valence-electron chi connectivity index (χ4n) is 1.93. The maximum Gasteiger partial charge on any atom is 0.263 e. The quantitative estimate of drug-likeness (QED) is 0.754. The van der Waals surface area contributed by atoms with E-state index in [1.165, 1.54) is 18.6 Å². The van der Waals surface area contributed by atoms with Crippen molar-refractivity contribution in [2.24, 2.45) is 5.92 Å². The van der Waals surface area contributed by atoms with Crippen LogP contribution in [0.15, 0.2) is 24.3 Å². The number of hydrogen-bond acceptors (Lipinski definition) is 1. The number of hydrogen-bond donors (Lipinski definition) is 1. The molecule has 0 saturated carbocycles. The Balaban J connectivity index is 2.39. The van der Waals surface area contributed by atoms with E-state index in [0.29, 0.717) is 12.0 Å². The molecule has 0 radical (unpaired) electrons. The van der Waals surface area contributed by atoms with Gasteiger partial charge in [-0.2, -0.15) is 0 Å². The van der Waals surface area contributed by atoms with E-state index in [1.807, 2.05) is 0 Å². The minimum absolute atomic E-state index is 0.0893. The molecule has 0 bridgehead atoms. The largest absolute Gasteiger partial charge is 0.310 e. The summed E-state index contributed by atoms with van der Waals surface area (Å²) in [7, 11) is 0. The standard InChI is InChI=1S/C15H23F2N/c1-4-11(2)9-12(3)18-10-13-5-7-14(8-6-13)15(16)17/h5-8,11-12,15,18H,4,9-10H2,1-3H3. The van der Waals surface area contributed by atoms with Gasteiger partial charge < -0.3 is 5.32 Å². The summed E-state index contributed by atoms with van der Waals surface area (Å²) in [4.78, 5) is 0. The Labute approximate surface area is 109 Å². The van der Waals surface area contributed by atoms with E-state index in [9.17, 15) is 8.78 Å². The van der Waals surface area contributed by atoms with Crippen LogP contribution in [0.3, 0.4) is 0 Å². The molecular weight excluding hydrogens is 232 g/mol. The molecule has 0 aliphatic rings. The van der Waals surface area contributed by atoms with Gasteiger partial charge in [0.1, 0.15) is 0 Å². The lowest BCUT2D eigenvalue weighted by molar-refractivity contribution is 0.151. The van der Waals surface area contributed by atoms with E-state index in [0.717, 1.165) is 18.5 Å². The molecule has 102 valence electrons. The van der Waals surface area contributed by atoms with Crippen LogP contribution in [-0.2, 0) is 6.54 Å². The van der Waals surface area contributed by atoms with E-state index in [4.69, 9.17) is 0 Å². The molecule has 2 atom stereocenters. The van der Waals surface area contributed by atoms with Crippen molar-refractivity contribution in [3.63, 3.8) is 0 Å². The van der Waals surface area contributed by atoms with Crippen molar-refractivity contribution < 1.29 is 8.78 Å². The van der Waals surface area contributed by atoms with Gasteiger partial charge in [0.15, 0.2) is 0 Å². The van der Waals surface area contributed by atoms with Crippen LogP contribution in [0.5, 0.6) is 0 Å². The van der Waals surface area contributed by atoms with Crippen molar-refractivity contribution in [2.45, 2.75) is 52.6 Å². The first-order chi connectivity index (χ1) is 8.52. The topological polar surface area (TPSA) is 12.0 Å². The summed E-state index contributed by atoms with van der Waals surface area (Å²) < 4.78 is 24.8. The Hall–Kier alpha value is -0.960. The van der Waals surface area contributed by atoms with Crippen LogP contribution < -0.4 is 5.32 Å². The van der Waals surface area contributed by atoms with E-state index >= 15 is 0 Å². The first-order valence-electron chi connectivity index (χ1n) is 6.63. The van der Waals surface area contributed by atoms with Gasteiger partial charge in [0.25, 0.3) is 6.43 Å². The van der Waals surface area contributed by atoms with E-state index in [1.54, 1.807) is 12.1 Å². The molecule has 1 rings (SSSR count). The van der Waals surface area contributed by atoms with Gasteiger partial charge in [-0.05, 0) is 24.8 Å². The monoisotopic (exact) mass is 255 g/mol. The third-order valence-corrected chi connectivity index (χ3v) is 3.34. The summed E-state index contributed by atoms with van der Waals surface area (Å²) >= 11 is 0. The van der Waals surface area contributed by atoms with Crippen LogP contribution in [0, 0.1) is 5.92 Å². The van der Waals surface area contributed by atoms with E-state index in [2.05, 4.69) is 26.1 Å². The van der Waals surface area contributed by atoms with Gasteiger partial charge in [-0.1, -0.05) is 44.5 Å². The molecule has 18 heavy (non-hydrogen) atoms. The SMILES string of the molecule is CCC(C)CC(C)NCc1ccc(C(F)F)cc1. The first kappa shape index (κ1) is 15.1. The summed E-state index contributed by atoms with van der Waals surface area (Å²) in [5.41, 5.74) is 1.14. The molecule has 0 amide bonds. The van der Waals surface area contributed by atoms with E-state index < -0.39 is 6.43 Å². The Morgan fingerprint density at radius 1 is 1.11 bits per heavy atom. The lowest BCUT2D eigenvalue weighted by atomic mass is 10.0. The fourth-order valence-corrected chi connectivity index (χ4v) is 1.93. The van der Waals surface area contributed by atoms with Crippen molar-refractivity contribution in [1.29, 1.82) is 0 Å². The van der Waals surface area contributed by atoms with E-state index in [-0.39, 0.29) is 5.56 Å². The fraction of sp³-hybridized carbons (Fsp3) is 0.600. The Morgan fingerprint density at radius 2 is 1.72 bits per heavy atom. The number of nitrogens with one attached hydrogen (secondary N) is 1. The summed E-state index contributed by atoms with van der Waals surface area (Å²) in [6.07, 6.45) is -0.0443. The summed E-state index contributed by atoms with van der Waals surface area (Å²) in [5, 5.41) is 3.43. The molecule has 1 N–H and O–H groups in total. The van der Waals surface area contributed by atoms with Gasteiger partial charge in [0.05, 0.1) is 0 Å². The molecule has 0 heterocycles. The molecule has 0 spiro atoms. The normalized spacial score (nSPS) is 14.8. The first-order valence-corrected chi connectivity index (χ1v) is 6.63. The third-order valence-electron chi connectivity index (χ3n) is 3.34. The van der Waals surface area contributed by atoms with Gasteiger partial charge in [-0.3, -0.25) is 0 Å². The minimum Gasteiger partial charge on any atom is -0.310 e. The molecule has 3 heteroatoms. The molecule has 0 saturated heterocycles. The molecule has 1 aromatic rings.